The van der Waals surface area contributed by atoms with E-state index in [1.54, 1.807) is 63.2 Å². The number of benzene rings is 2. The number of carbonyl (C=O) groups is 3. The van der Waals surface area contributed by atoms with Crippen molar-refractivity contribution in [1.82, 2.24) is 5.32 Å². The molecule has 9 nitrogen and oxygen atoms in total. The molecule has 11 heteroatoms. The Bertz CT molecular complexity index is 1300. The third kappa shape index (κ3) is 12.5. The summed E-state index contributed by atoms with van der Waals surface area (Å²) in [5.74, 6) is -1.35. The normalized spacial score (nSPS) is 12.2. The van der Waals surface area contributed by atoms with Crippen LogP contribution in [0, 0.1) is 0 Å². The molecule has 2 aromatic rings. The van der Waals surface area contributed by atoms with Crippen LogP contribution >= 0.6 is 15.9 Å². The first-order valence-electron chi connectivity index (χ1n) is 13.3. The number of alkyl halides is 1. The van der Waals surface area contributed by atoms with Gasteiger partial charge in [0.05, 0.1) is 17.1 Å². The van der Waals surface area contributed by atoms with Gasteiger partial charge in [-0.3, -0.25) is 4.79 Å². The number of amides is 1. The molecule has 0 heterocycles. The van der Waals surface area contributed by atoms with Crippen LogP contribution in [0.15, 0.2) is 59.5 Å². The van der Waals surface area contributed by atoms with Crippen LogP contribution in [0.1, 0.15) is 57.6 Å². The van der Waals surface area contributed by atoms with E-state index in [9.17, 15) is 22.8 Å². The molecule has 0 saturated heterocycles. The molecule has 224 valence electrons. The van der Waals surface area contributed by atoms with Crippen LogP contribution in [0.25, 0.3) is 11.1 Å². The van der Waals surface area contributed by atoms with Gasteiger partial charge in [-0.15, -0.1) is 0 Å². The molecule has 0 bridgehead atoms. The fraction of sp³-hybridized carbons (Fsp3) is 0.433. The fourth-order valence-electron chi connectivity index (χ4n) is 3.67. The Morgan fingerprint density at radius 2 is 1.49 bits per heavy atom. The molecule has 2 aromatic carbocycles. The lowest BCUT2D eigenvalue weighted by molar-refractivity contribution is -0.141. The van der Waals surface area contributed by atoms with Crippen LogP contribution in [0.4, 0.5) is 4.79 Å². The standard InChI is InChI=1S/C30H38BrNO8S/c1-30(2,3)40-29(35)32-20-26(33)39-21-25(22-14-16-24(17-15-22)41(4,36)37)27(23-12-8-7-9-13-23)28(34)38-19-11-6-5-10-18-31/h7-9,12-17H,5-6,10-11,18-21H2,1-4H3,(H,32,35). The molecule has 1 amide bonds. The molecule has 0 atom stereocenters. The van der Waals surface area contributed by atoms with Crippen LogP contribution in [-0.2, 0) is 33.6 Å². The van der Waals surface area contributed by atoms with Gasteiger partial charge in [0.1, 0.15) is 18.8 Å². The van der Waals surface area contributed by atoms with E-state index < -0.39 is 40.0 Å². The Hall–Kier alpha value is -3.18. The first-order valence-corrected chi connectivity index (χ1v) is 16.3. The van der Waals surface area contributed by atoms with Crippen LogP contribution in [-0.4, -0.2) is 63.4 Å². The second-order valence-electron chi connectivity index (χ2n) is 10.3. The van der Waals surface area contributed by atoms with Crippen molar-refractivity contribution in [3.63, 3.8) is 0 Å². The molecule has 0 aliphatic rings. The summed E-state index contributed by atoms with van der Waals surface area (Å²) in [7, 11) is -3.46. The molecule has 41 heavy (non-hydrogen) atoms. The molecule has 2 rings (SSSR count). The second kappa shape index (κ2) is 16.3. The minimum atomic E-state index is -3.46. The van der Waals surface area contributed by atoms with Crippen molar-refractivity contribution >= 4 is 54.9 Å². The van der Waals surface area contributed by atoms with Crippen LogP contribution in [0.2, 0.25) is 0 Å². The van der Waals surface area contributed by atoms with Gasteiger partial charge in [-0.25, -0.2) is 18.0 Å². The number of halogens is 1. The molecular weight excluding hydrogens is 614 g/mol. The third-order valence-electron chi connectivity index (χ3n) is 5.61. The molecule has 1 N–H and O–H groups in total. The van der Waals surface area contributed by atoms with E-state index >= 15 is 0 Å². The van der Waals surface area contributed by atoms with Gasteiger partial charge in [0.25, 0.3) is 0 Å². The zero-order valence-electron chi connectivity index (χ0n) is 23.9. The smallest absolute Gasteiger partial charge is 0.408 e. The largest absolute Gasteiger partial charge is 0.462 e. The quantitative estimate of drug-likeness (QED) is 0.0702. The lowest BCUT2D eigenvalue weighted by Crippen LogP contribution is -2.36. The van der Waals surface area contributed by atoms with Crippen molar-refractivity contribution in [2.75, 3.05) is 31.3 Å². The summed E-state index contributed by atoms with van der Waals surface area (Å²) in [4.78, 5) is 38.1. The highest BCUT2D eigenvalue weighted by atomic mass is 79.9. The van der Waals surface area contributed by atoms with Crippen molar-refractivity contribution in [3.8, 4) is 0 Å². The van der Waals surface area contributed by atoms with Gasteiger partial charge in [0, 0.05) is 17.2 Å². The first kappa shape index (κ1) is 34.0. The highest BCUT2D eigenvalue weighted by Crippen LogP contribution is 2.29. The summed E-state index contributed by atoms with van der Waals surface area (Å²) in [5, 5.41) is 3.26. The van der Waals surface area contributed by atoms with Crippen LogP contribution < -0.4 is 5.32 Å². The number of nitrogens with one attached hydrogen (secondary N) is 1. The highest BCUT2D eigenvalue weighted by Gasteiger charge is 2.23. The van der Waals surface area contributed by atoms with E-state index in [0.717, 1.165) is 30.8 Å². The van der Waals surface area contributed by atoms with Crippen LogP contribution in [0.3, 0.4) is 0 Å². The summed E-state index contributed by atoms with van der Waals surface area (Å²) in [6, 6.07) is 14.8. The van der Waals surface area contributed by atoms with Crippen molar-refractivity contribution in [1.29, 1.82) is 0 Å². The third-order valence-corrected chi connectivity index (χ3v) is 7.30. The molecule has 0 unspecified atom stereocenters. The van der Waals surface area contributed by atoms with Crippen molar-refractivity contribution in [3.05, 3.63) is 65.7 Å². The van der Waals surface area contributed by atoms with Crippen LogP contribution in [0.5, 0.6) is 0 Å². The van der Waals surface area contributed by atoms with Crippen molar-refractivity contribution < 1.29 is 37.0 Å². The van der Waals surface area contributed by atoms with Gasteiger partial charge in [-0.1, -0.05) is 71.2 Å². The minimum absolute atomic E-state index is 0.103. The van der Waals surface area contributed by atoms with E-state index in [-0.39, 0.29) is 23.7 Å². The second-order valence-corrected chi connectivity index (χ2v) is 13.1. The maximum atomic E-state index is 13.5. The van der Waals surface area contributed by atoms with E-state index in [4.69, 9.17) is 14.2 Å². The molecule has 0 aliphatic carbocycles. The number of unbranched alkanes of at least 4 members (excludes halogenated alkanes) is 3. The van der Waals surface area contributed by atoms with Crippen molar-refractivity contribution in [2.45, 2.75) is 57.0 Å². The van der Waals surface area contributed by atoms with Crippen molar-refractivity contribution in [2.24, 2.45) is 0 Å². The summed E-state index contributed by atoms with van der Waals surface area (Å²) < 4.78 is 40.3. The lowest BCUT2D eigenvalue weighted by atomic mass is 9.95. The number of sulfone groups is 1. The zero-order valence-corrected chi connectivity index (χ0v) is 26.3. The Morgan fingerprint density at radius 1 is 0.854 bits per heavy atom. The number of carbonyl (C=O) groups excluding carboxylic acids is 3. The van der Waals surface area contributed by atoms with E-state index in [0.29, 0.717) is 23.1 Å². The molecule has 0 spiro atoms. The van der Waals surface area contributed by atoms with Gasteiger partial charge in [0.2, 0.25) is 0 Å². The van der Waals surface area contributed by atoms with Gasteiger partial charge in [-0.05, 0) is 56.9 Å². The maximum Gasteiger partial charge on any atom is 0.408 e. The SMILES string of the molecule is CC(C)(C)OC(=O)NCC(=O)OCC(=C(C(=O)OCCCCCCBr)c1ccccc1)c1ccc(S(C)(=O)=O)cc1. The van der Waals surface area contributed by atoms with Gasteiger partial charge in [-0.2, -0.15) is 0 Å². The number of ether oxygens (including phenoxy) is 3. The predicted molar refractivity (Wildman–Crippen MR) is 161 cm³/mol. The monoisotopic (exact) mass is 651 g/mol. The predicted octanol–water partition coefficient (Wildman–Crippen LogP) is 5.57. The van der Waals surface area contributed by atoms with Gasteiger partial charge >= 0.3 is 18.0 Å². The number of hydrogen-bond acceptors (Lipinski definition) is 8. The average Bonchev–Trinajstić information content (AvgIpc) is 2.90. The Balaban J connectivity index is 2.39. The maximum absolute atomic E-state index is 13.5. The highest BCUT2D eigenvalue weighted by molar-refractivity contribution is 9.09. The summed E-state index contributed by atoms with van der Waals surface area (Å²) in [5.41, 5.74) is 0.790. The van der Waals surface area contributed by atoms with E-state index in [1.807, 2.05) is 0 Å². The first-order chi connectivity index (χ1) is 19.3. The van der Waals surface area contributed by atoms with Gasteiger partial charge in [0.15, 0.2) is 9.84 Å². The Morgan fingerprint density at radius 3 is 2.07 bits per heavy atom. The Labute approximate surface area is 250 Å². The Kier molecular flexibility index (Phi) is 13.5. The molecule has 0 aromatic heterocycles. The zero-order chi connectivity index (χ0) is 30.5. The fourth-order valence-corrected chi connectivity index (χ4v) is 4.70. The summed E-state index contributed by atoms with van der Waals surface area (Å²) >= 11 is 3.41. The number of alkyl carbamates (subject to hydrolysis) is 1. The molecule has 0 fully saturated rings. The number of esters is 2. The molecular formula is C30H38BrNO8S. The average molecular weight is 653 g/mol. The number of hydrogen-bond donors (Lipinski definition) is 1. The summed E-state index contributed by atoms with van der Waals surface area (Å²) in [6.07, 6.45) is 3.98. The summed E-state index contributed by atoms with van der Waals surface area (Å²) in [6.45, 7) is 4.53. The molecule has 0 radical (unpaired) electrons. The minimum Gasteiger partial charge on any atom is -0.462 e. The number of rotatable bonds is 14. The molecule has 0 saturated carbocycles. The van der Waals surface area contributed by atoms with E-state index in [2.05, 4.69) is 21.2 Å². The lowest BCUT2D eigenvalue weighted by Gasteiger charge is -2.19. The van der Waals surface area contributed by atoms with Gasteiger partial charge < -0.3 is 19.5 Å². The molecule has 0 aliphatic heterocycles. The van der Waals surface area contributed by atoms with E-state index in [1.165, 1.54) is 12.1 Å². The topological polar surface area (TPSA) is 125 Å².